The average Bonchev–Trinajstić information content (AvgIpc) is 1.79. The Morgan fingerprint density at radius 2 is 0.899 bits per heavy atom. The molecule has 25 N–H and O–H groups in total. The number of para-hydroxylation sites is 1. The number of carboxylic acid groups (broad SMARTS) is 2. The van der Waals surface area contributed by atoms with Crippen LogP contribution < -0.4 is 86.7 Å². The van der Waals surface area contributed by atoms with E-state index in [1.54, 1.807) is 109 Å². The summed E-state index contributed by atoms with van der Waals surface area (Å²) >= 11 is 0. The molecule has 0 aliphatic heterocycles. The maximum atomic E-state index is 14.5. The Hall–Kier alpha value is -9.68. The van der Waals surface area contributed by atoms with Crippen LogP contribution in [0.25, 0.3) is 10.9 Å². The van der Waals surface area contributed by atoms with Crippen LogP contribution in [0.4, 0.5) is 0 Å². The first-order valence-electron chi connectivity index (χ1n) is 32.3. The number of carbonyl (C=O) groups excluding carboxylic acids is 12. The third kappa shape index (κ3) is 27.3. The average molecular weight is 1390 g/mol. The van der Waals surface area contributed by atoms with Crippen molar-refractivity contribution in [3.8, 4) is 0 Å². The van der Waals surface area contributed by atoms with E-state index in [0.29, 0.717) is 22.0 Å². The summed E-state index contributed by atoms with van der Waals surface area (Å²) < 4.78 is 0. The van der Waals surface area contributed by atoms with Crippen molar-refractivity contribution in [3.05, 3.63) is 71.9 Å². The molecular weight excluding hydrogens is 1290 g/mol. The fourth-order valence-corrected chi connectivity index (χ4v) is 9.82. The number of aromatic amines is 1. The SMILES string of the molecule is CC(C)[C@H](NC(=O)[C@H](CCC(=O)O)NC(=O)[C@H](Cc1ccccc1)NC(=O)[C@@H](CCN)NC(=O)[C@H](CCN)NC(=O)[C@H](CO)NC(=O)[C@@H](Cc1c[nH]c2ccccc12)NC(=O)[C@@H](CO)NC(=O)CNC(=O)[C@@H](CCN)NC(=O)[C@H](N)C(C)C)C(=O)N[C@@H](C(=O)N[C@@H](C)C(=O)O)C(C)(C)C. The highest BCUT2D eigenvalue weighted by Crippen LogP contribution is 2.22. The van der Waals surface area contributed by atoms with Gasteiger partial charge in [-0.15, -0.1) is 0 Å². The number of nitrogens with two attached hydrogens (primary N) is 4. The topological polar surface area (TPSA) is 584 Å². The standard InChI is InChI=1S/C64H99N17O18/c1-32(2)49(68)60(95)76-40(20-23-65)52(87)70-29-47(84)72-45(30-82)58(93)78-44(27-36-28-69-38-17-13-12-16-37(36)38)57(92)79-46(31-83)59(94)75-41(21-24-66)53(88)74-42(22-25-67)54(89)77-43(26-35-14-10-9-11-15-35)56(91)73-39(18-19-48(85)86)55(90)80-50(33(3)4)61(96)81-51(64(6,7)8)62(97)71-34(5)63(98)99/h9-17,28,32-34,39-46,49-51,69,82-83H,18-27,29-31,65-68H2,1-8H3,(H,70,87)(H,71,97)(H,72,84)(H,73,91)(H,74,88)(H,75,94)(H,76,95)(H,77,89)(H,78,93)(H,79,92)(H,80,90)(H,81,96)(H,85,86)(H,98,99)/t34-,39-,40+,41-,42+,43-,44+,45+,46-,49+,50-,51-/m0/s1. The van der Waals surface area contributed by atoms with E-state index in [1.165, 1.54) is 6.92 Å². The smallest absolute Gasteiger partial charge is 0.325 e. The van der Waals surface area contributed by atoms with Gasteiger partial charge in [0.05, 0.1) is 25.8 Å². The summed E-state index contributed by atoms with van der Waals surface area (Å²) in [5, 5.41) is 69.9. The number of fused-ring (bicyclic) bond motifs is 1. The van der Waals surface area contributed by atoms with E-state index in [0.717, 1.165) is 0 Å². The van der Waals surface area contributed by atoms with Gasteiger partial charge in [0.2, 0.25) is 70.9 Å². The third-order valence-corrected chi connectivity index (χ3v) is 15.7. The van der Waals surface area contributed by atoms with Crippen LogP contribution >= 0.6 is 0 Å². The number of benzene rings is 2. The van der Waals surface area contributed by atoms with E-state index in [1.807, 2.05) is 0 Å². The van der Waals surface area contributed by atoms with Crippen LogP contribution in [-0.4, -0.2) is 220 Å². The van der Waals surface area contributed by atoms with E-state index >= 15 is 0 Å². The van der Waals surface area contributed by atoms with E-state index in [9.17, 15) is 87.5 Å². The molecule has 35 heteroatoms. The number of aromatic nitrogens is 1. The van der Waals surface area contributed by atoms with Gasteiger partial charge in [0.15, 0.2) is 0 Å². The van der Waals surface area contributed by atoms with Gasteiger partial charge in [0.1, 0.15) is 66.5 Å². The van der Waals surface area contributed by atoms with Crippen LogP contribution in [0, 0.1) is 17.3 Å². The summed E-state index contributed by atoms with van der Waals surface area (Å²) in [6.07, 6.45) is -0.853. The van der Waals surface area contributed by atoms with Gasteiger partial charge in [0.25, 0.3) is 0 Å². The van der Waals surface area contributed by atoms with Crippen LogP contribution in [0.1, 0.15) is 98.6 Å². The minimum Gasteiger partial charge on any atom is -0.481 e. The molecule has 3 rings (SSSR count). The summed E-state index contributed by atoms with van der Waals surface area (Å²) in [7, 11) is 0. The fourth-order valence-electron chi connectivity index (χ4n) is 9.82. The summed E-state index contributed by atoms with van der Waals surface area (Å²) in [6, 6.07) is -2.79. The molecule has 0 bridgehead atoms. The Balaban J connectivity index is 1.88. The number of rotatable bonds is 42. The number of hydrogen-bond donors (Lipinski definition) is 21. The Bertz CT molecular complexity index is 3270. The molecule has 1 heterocycles. The molecule has 0 radical (unpaired) electrons. The maximum Gasteiger partial charge on any atom is 0.325 e. The van der Waals surface area contributed by atoms with Crippen molar-refractivity contribution in [2.24, 2.45) is 40.2 Å². The molecule has 0 fully saturated rings. The van der Waals surface area contributed by atoms with E-state index in [4.69, 9.17) is 22.9 Å². The molecular formula is C64H99N17O18. The minimum absolute atomic E-state index is 0.0242. The maximum absolute atomic E-state index is 14.5. The molecule has 0 unspecified atom stereocenters. The lowest BCUT2D eigenvalue weighted by atomic mass is 9.85. The predicted molar refractivity (Wildman–Crippen MR) is 359 cm³/mol. The normalized spacial score (nSPS) is 15.0. The van der Waals surface area contributed by atoms with Gasteiger partial charge in [-0.05, 0) is 86.7 Å². The van der Waals surface area contributed by atoms with Gasteiger partial charge in [0, 0.05) is 36.4 Å². The summed E-state index contributed by atoms with van der Waals surface area (Å²) in [4.78, 5) is 192. The zero-order chi connectivity index (χ0) is 74.4. The Kier molecular flexibility index (Phi) is 34.5. The number of amides is 12. The van der Waals surface area contributed by atoms with Crippen LogP contribution in [-0.2, 0) is 80.0 Å². The first-order valence-corrected chi connectivity index (χ1v) is 32.3. The third-order valence-electron chi connectivity index (χ3n) is 15.7. The number of carboxylic acids is 2. The number of aliphatic hydroxyl groups is 2. The summed E-state index contributed by atoms with van der Waals surface area (Å²) in [6.45, 7) is 9.13. The lowest BCUT2D eigenvalue weighted by Crippen LogP contribution is -2.62. The zero-order valence-corrected chi connectivity index (χ0v) is 56.9. The fraction of sp³-hybridized carbons (Fsp3) is 0.562. The molecule has 0 spiro atoms. The van der Waals surface area contributed by atoms with Crippen molar-refractivity contribution >= 4 is 93.7 Å². The van der Waals surface area contributed by atoms with Gasteiger partial charge in [-0.3, -0.25) is 67.1 Å². The Morgan fingerprint density at radius 1 is 0.465 bits per heavy atom. The molecule has 12 amide bonds. The molecule has 548 valence electrons. The number of aliphatic carboxylic acids is 2. The summed E-state index contributed by atoms with van der Waals surface area (Å²) in [5.41, 5.74) is 24.0. The predicted octanol–water partition coefficient (Wildman–Crippen LogP) is -5.91. The monoisotopic (exact) mass is 1390 g/mol. The van der Waals surface area contributed by atoms with Crippen LogP contribution in [0.15, 0.2) is 60.8 Å². The van der Waals surface area contributed by atoms with Crippen molar-refractivity contribution in [2.75, 3.05) is 39.4 Å². The van der Waals surface area contributed by atoms with Crippen molar-refractivity contribution in [2.45, 2.75) is 173 Å². The lowest BCUT2D eigenvalue weighted by Gasteiger charge is -2.33. The second-order valence-corrected chi connectivity index (χ2v) is 25.4. The van der Waals surface area contributed by atoms with Crippen LogP contribution in [0.3, 0.4) is 0 Å². The lowest BCUT2D eigenvalue weighted by molar-refractivity contribution is -0.142. The Morgan fingerprint density at radius 3 is 1.38 bits per heavy atom. The van der Waals surface area contributed by atoms with E-state index in [-0.39, 0.29) is 57.7 Å². The first-order chi connectivity index (χ1) is 46.6. The zero-order valence-electron chi connectivity index (χ0n) is 56.9. The van der Waals surface area contributed by atoms with Gasteiger partial charge in [-0.2, -0.15) is 0 Å². The highest BCUT2D eigenvalue weighted by molar-refractivity contribution is 6.00. The molecule has 0 aliphatic carbocycles. The molecule has 99 heavy (non-hydrogen) atoms. The van der Waals surface area contributed by atoms with Gasteiger partial charge in [-0.25, -0.2) is 0 Å². The minimum atomic E-state index is -1.86. The molecule has 0 saturated heterocycles. The van der Waals surface area contributed by atoms with Crippen molar-refractivity contribution in [3.63, 3.8) is 0 Å². The highest BCUT2D eigenvalue weighted by Gasteiger charge is 2.39. The number of aliphatic hydroxyl groups excluding tert-OH is 2. The largest absolute Gasteiger partial charge is 0.481 e. The van der Waals surface area contributed by atoms with Gasteiger partial charge in [-0.1, -0.05) is 97.0 Å². The second-order valence-electron chi connectivity index (χ2n) is 25.4. The van der Waals surface area contributed by atoms with Gasteiger partial charge < -0.3 is 112 Å². The number of nitrogens with one attached hydrogen (secondary N) is 13. The van der Waals surface area contributed by atoms with E-state index in [2.05, 4.69) is 68.8 Å². The van der Waals surface area contributed by atoms with Crippen molar-refractivity contribution in [1.29, 1.82) is 0 Å². The van der Waals surface area contributed by atoms with Crippen molar-refractivity contribution in [1.82, 2.24) is 68.8 Å². The first kappa shape index (κ1) is 83.5. The van der Waals surface area contributed by atoms with Crippen LogP contribution in [0.2, 0.25) is 0 Å². The molecule has 35 nitrogen and oxygen atoms in total. The van der Waals surface area contributed by atoms with Gasteiger partial charge >= 0.3 is 11.9 Å². The summed E-state index contributed by atoms with van der Waals surface area (Å²) in [5.74, 6) is -15.3. The van der Waals surface area contributed by atoms with Crippen LogP contribution in [0.5, 0.6) is 0 Å². The van der Waals surface area contributed by atoms with Crippen molar-refractivity contribution < 1.29 is 87.5 Å². The molecule has 2 aromatic carbocycles. The number of carbonyl (C=O) groups is 14. The second kappa shape index (κ2) is 40.9. The number of H-pyrrole nitrogens is 1. The molecule has 3 aromatic rings. The molecule has 0 saturated carbocycles. The highest BCUT2D eigenvalue weighted by atomic mass is 16.4. The molecule has 1 aromatic heterocycles. The molecule has 12 atom stereocenters. The molecule has 0 aliphatic rings. The number of hydrogen-bond acceptors (Lipinski definition) is 20. The Labute approximate surface area is 572 Å². The van der Waals surface area contributed by atoms with E-state index < -0.39 is 199 Å². The quantitative estimate of drug-likeness (QED) is 0.0251.